The van der Waals surface area contributed by atoms with E-state index < -0.39 is 17.8 Å². The maximum Gasteiger partial charge on any atom is 0.416 e. The number of alkyl halides is 3. The summed E-state index contributed by atoms with van der Waals surface area (Å²) in [6, 6.07) is 4.74. The van der Waals surface area contributed by atoms with Crippen molar-refractivity contribution in [3.05, 3.63) is 35.7 Å². The Morgan fingerprint density at radius 1 is 1.11 bits per heavy atom. The Hall–Kier alpha value is -1.97. The van der Waals surface area contributed by atoms with E-state index in [4.69, 9.17) is 9.26 Å². The molecule has 1 aromatic heterocycles. The van der Waals surface area contributed by atoms with Crippen molar-refractivity contribution in [3.8, 4) is 11.4 Å². The molecule has 2 saturated heterocycles. The summed E-state index contributed by atoms with van der Waals surface area (Å²) in [6.07, 6.45) is -2.61. The first kappa shape index (κ1) is 18.4. The zero-order chi connectivity index (χ0) is 19.0. The third-order valence-electron chi connectivity index (χ3n) is 5.17. The average molecular weight is 383 g/mol. The Morgan fingerprint density at radius 2 is 1.81 bits per heavy atom. The van der Waals surface area contributed by atoms with Gasteiger partial charge in [0, 0.05) is 31.4 Å². The van der Waals surface area contributed by atoms with Crippen LogP contribution in [0.5, 0.6) is 0 Å². The van der Waals surface area contributed by atoms with Gasteiger partial charge in [-0.3, -0.25) is 4.90 Å². The molecule has 6 nitrogen and oxygen atoms in total. The minimum absolute atomic E-state index is 0.196. The maximum atomic E-state index is 12.7. The number of β-amino-alcohol motifs (C(OH)–C–C–N with tert-alkyl or cyclic N) is 1. The van der Waals surface area contributed by atoms with Gasteiger partial charge >= 0.3 is 6.18 Å². The predicted molar refractivity (Wildman–Crippen MR) is 88.6 cm³/mol. The van der Waals surface area contributed by atoms with Gasteiger partial charge in [-0.05, 0) is 31.4 Å². The smallest absolute Gasteiger partial charge is 0.392 e. The summed E-state index contributed by atoms with van der Waals surface area (Å²) in [5.74, 6) is 0.625. The summed E-state index contributed by atoms with van der Waals surface area (Å²) in [4.78, 5) is 6.57. The molecule has 3 heterocycles. The van der Waals surface area contributed by atoms with Gasteiger partial charge in [-0.2, -0.15) is 18.2 Å². The normalized spacial score (nSPS) is 25.2. The van der Waals surface area contributed by atoms with Crippen molar-refractivity contribution in [1.82, 2.24) is 15.0 Å². The Balaban J connectivity index is 1.54. The van der Waals surface area contributed by atoms with Crippen LogP contribution in [0.25, 0.3) is 11.4 Å². The van der Waals surface area contributed by atoms with E-state index in [-0.39, 0.29) is 17.9 Å². The molecule has 2 atom stereocenters. The molecule has 0 saturated carbocycles. The van der Waals surface area contributed by atoms with Crippen molar-refractivity contribution >= 4 is 0 Å². The molecule has 0 bridgehead atoms. The lowest BCUT2D eigenvalue weighted by Gasteiger charge is -2.33. The summed E-state index contributed by atoms with van der Waals surface area (Å²) in [5.41, 5.74) is -0.270. The lowest BCUT2D eigenvalue weighted by molar-refractivity contribution is -0.137. The molecule has 1 N–H and O–H groups in total. The van der Waals surface area contributed by atoms with E-state index in [1.807, 2.05) is 0 Å². The van der Waals surface area contributed by atoms with Crippen molar-refractivity contribution in [2.45, 2.75) is 43.6 Å². The molecule has 0 aliphatic carbocycles. The molecule has 0 amide bonds. The monoisotopic (exact) mass is 383 g/mol. The number of nitrogens with zero attached hydrogens (tertiary/aromatic N) is 3. The topological polar surface area (TPSA) is 71.6 Å². The quantitative estimate of drug-likeness (QED) is 0.879. The maximum absolute atomic E-state index is 12.7. The van der Waals surface area contributed by atoms with Crippen LogP contribution in [0.15, 0.2) is 28.8 Å². The second-order valence-corrected chi connectivity index (χ2v) is 6.98. The van der Waals surface area contributed by atoms with E-state index in [2.05, 4.69) is 15.0 Å². The lowest BCUT2D eigenvalue weighted by atomic mass is 10.1. The van der Waals surface area contributed by atoms with Crippen LogP contribution in [0.2, 0.25) is 0 Å². The largest absolute Gasteiger partial charge is 0.416 e. The van der Waals surface area contributed by atoms with E-state index >= 15 is 0 Å². The Kier molecular flexibility index (Phi) is 4.92. The van der Waals surface area contributed by atoms with Crippen LogP contribution in [0.4, 0.5) is 13.2 Å². The molecule has 0 spiro atoms. The van der Waals surface area contributed by atoms with E-state index in [1.54, 1.807) is 0 Å². The van der Waals surface area contributed by atoms with Crippen molar-refractivity contribution in [2.75, 3.05) is 19.8 Å². The number of aliphatic hydroxyl groups is 1. The van der Waals surface area contributed by atoms with Gasteiger partial charge < -0.3 is 14.4 Å². The van der Waals surface area contributed by atoms with Gasteiger partial charge in [-0.15, -0.1) is 0 Å². The molecule has 2 aliphatic heterocycles. The number of aliphatic hydroxyl groups excluding tert-OH is 1. The number of rotatable bonds is 3. The third kappa shape index (κ3) is 3.85. The van der Waals surface area contributed by atoms with Crippen molar-refractivity contribution < 1.29 is 27.5 Å². The SMILES string of the molecule is O[C@@H]1C[C@@H](c2nc(-c3ccc(C(F)(F)F)cc3)no2)N(C2CCOCC2)C1. The molecular formula is C18H20F3N3O3. The fourth-order valence-electron chi connectivity index (χ4n) is 3.80. The van der Waals surface area contributed by atoms with Gasteiger partial charge in [0.2, 0.25) is 11.7 Å². The number of halogens is 3. The fourth-order valence-corrected chi connectivity index (χ4v) is 3.80. The van der Waals surface area contributed by atoms with E-state index in [1.165, 1.54) is 12.1 Å². The molecular weight excluding hydrogens is 363 g/mol. The number of hydrogen-bond donors (Lipinski definition) is 1. The number of ether oxygens (including phenoxy) is 1. The molecule has 4 rings (SSSR count). The number of benzene rings is 1. The number of likely N-dealkylation sites (tertiary alicyclic amines) is 1. The lowest BCUT2D eigenvalue weighted by Crippen LogP contribution is -2.39. The standard InChI is InChI=1S/C18H20F3N3O3/c19-18(20,21)12-3-1-11(2-4-12)16-22-17(27-23-16)15-9-14(25)10-24(15)13-5-7-26-8-6-13/h1-4,13-15,25H,5-10H2/t14-,15+/m1/s1. The first-order valence-electron chi connectivity index (χ1n) is 8.94. The average Bonchev–Trinajstić information content (AvgIpc) is 3.28. The fraction of sp³-hybridized carbons (Fsp3) is 0.556. The summed E-state index contributed by atoms with van der Waals surface area (Å²) in [6.45, 7) is 1.91. The van der Waals surface area contributed by atoms with Crippen LogP contribution >= 0.6 is 0 Å². The zero-order valence-corrected chi connectivity index (χ0v) is 14.5. The van der Waals surface area contributed by atoms with Crippen LogP contribution in [-0.4, -0.2) is 52.1 Å². The third-order valence-corrected chi connectivity index (χ3v) is 5.17. The summed E-state index contributed by atoms with van der Waals surface area (Å²) in [5, 5.41) is 14.1. The van der Waals surface area contributed by atoms with Gasteiger partial charge in [-0.25, -0.2) is 0 Å². The van der Waals surface area contributed by atoms with Crippen LogP contribution < -0.4 is 0 Å². The Labute approximate surface area is 153 Å². The highest BCUT2D eigenvalue weighted by molar-refractivity contribution is 5.54. The van der Waals surface area contributed by atoms with E-state index in [0.29, 0.717) is 37.6 Å². The highest BCUT2D eigenvalue weighted by Crippen LogP contribution is 2.36. The van der Waals surface area contributed by atoms with Crippen molar-refractivity contribution in [1.29, 1.82) is 0 Å². The second-order valence-electron chi connectivity index (χ2n) is 6.98. The highest BCUT2D eigenvalue weighted by atomic mass is 19.4. The van der Waals surface area contributed by atoms with Crippen LogP contribution in [0, 0.1) is 0 Å². The molecule has 2 fully saturated rings. The highest BCUT2D eigenvalue weighted by Gasteiger charge is 2.40. The van der Waals surface area contributed by atoms with Crippen molar-refractivity contribution in [3.63, 3.8) is 0 Å². The summed E-state index contributed by atoms with van der Waals surface area (Å²) in [7, 11) is 0. The van der Waals surface area contributed by atoms with E-state index in [0.717, 1.165) is 25.0 Å². The molecule has 2 aromatic rings. The predicted octanol–water partition coefficient (Wildman–Crippen LogP) is 3.04. The Bertz CT molecular complexity index is 772. The van der Waals surface area contributed by atoms with E-state index in [9.17, 15) is 18.3 Å². The molecule has 1 aromatic carbocycles. The van der Waals surface area contributed by atoms with Crippen molar-refractivity contribution in [2.24, 2.45) is 0 Å². The summed E-state index contributed by atoms with van der Waals surface area (Å²) >= 11 is 0. The number of aromatic nitrogens is 2. The van der Waals surface area contributed by atoms with Gasteiger partial charge in [0.05, 0.1) is 17.7 Å². The first-order valence-corrected chi connectivity index (χ1v) is 8.94. The zero-order valence-electron chi connectivity index (χ0n) is 14.5. The molecule has 2 aliphatic rings. The molecule has 146 valence electrons. The molecule has 9 heteroatoms. The molecule has 0 unspecified atom stereocenters. The van der Waals surface area contributed by atoms with Gasteiger partial charge in [0.15, 0.2) is 0 Å². The summed E-state index contributed by atoms with van der Waals surface area (Å²) < 4.78 is 48.9. The second kappa shape index (κ2) is 7.21. The minimum atomic E-state index is -4.38. The molecule has 27 heavy (non-hydrogen) atoms. The number of hydrogen-bond acceptors (Lipinski definition) is 6. The van der Waals surface area contributed by atoms with Crippen LogP contribution in [0.1, 0.15) is 36.8 Å². The first-order chi connectivity index (χ1) is 12.9. The molecule has 0 radical (unpaired) electrons. The van der Waals surface area contributed by atoms with Gasteiger partial charge in [0.1, 0.15) is 0 Å². The van der Waals surface area contributed by atoms with Gasteiger partial charge in [-0.1, -0.05) is 17.3 Å². The van der Waals surface area contributed by atoms with Gasteiger partial charge in [0.25, 0.3) is 0 Å². The van der Waals surface area contributed by atoms with Crippen LogP contribution in [0.3, 0.4) is 0 Å². The Morgan fingerprint density at radius 3 is 2.48 bits per heavy atom. The van der Waals surface area contributed by atoms with Crippen LogP contribution in [-0.2, 0) is 10.9 Å². The minimum Gasteiger partial charge on any atom is -0.392 e.